The lowest BCUT2D eigenvalue weighted by Gasteiger charge is -2.19. The summed E-state index contributed by atoms with van der Waals surface area (Å²) in [6.45, 7) is 6.58. The highest BCUT2D eigenvalue weighted by molar-refractivity contribution is 5.43. The number of anilines is 1. The van der Waals surface area contributed by atoms with Gasteiger partial charge in [0.2, 0.25) is 5.95 Å². The Morgan fingerprint density at radius 2 is 2.19 bits per heavy atom. The van der Waals surface area contributed by atoms with E-state index in [0.29, 0.717) is 17.9 Å². The molecule has 16 heavy (non-hydrogen) atoms. The zero-order chi connectivity index (χ0) is 11.5. The minimum atomic E-state index is 0.428. The van der Waals surface area contributed by atoms with E-state index >= 15 is 0 Å². The molecule has 4 heteroatoms. The Morgan fingerprint density at radius 3 is 2.81 bits per heavy atom. The van der Waals surface area contributed by atoms with Crippen LogP contribution in [0.5, 0.6) is 0 Å². The predicted octanol–water partition coefficient (Wildman–Crippen LogP) is 2.58. The summed E-state index contributed by atoms with van der Waals surface area (Å²) in [4.78, 5) is 4.42. The number of nitrogens with one attached hydrogen (secondary N) is 1. The van der Waals surface area contributed by atoms with Crippen molar-refractivity contribution < 1.29 is 0 Å². The number of hydrogen-bond acceptors (Lipinski definition) is 3. The summed E-state index contributed by atoms with van der Waals surface area (Å²) in [6.07, 6.45) is 2.98. The van der Waals surface area contributed by atoms with Crippen LogP contribution in [0.15, 0.2) is 24.4 Å². The fourth-order valence-electron chi connectivity index (χ4n) is 1.80. The van der Waals surface area contributed by atoms with Crippen LogP contribution in [0.2, 0.25) is 0 Å². The first-order valence-corrected chi connectivity index (χ1v) is 5.78. The minimum Gasteiger partial charge on any atom is -0.350 e. The molecule has 1 N–H and O–H groups in total. The maximum Gasteiger partial charge on any atom is 0.243 e. The molecule has 0 saturated carbocycles. The van der Waals surface area contributed by atoms with Gasteiger partial charge in [-0.3, -0.25) is 0 Å². The van der Waals surface area contributed by atoms with Crippen molar-refractivity contribution in [1.82, 2.24) is 14.6 Å². The van der Waals surface area contributed by atoms with Crippen LogP contribution in [-0.2, 0) is 0 Å². The summed E-state index contributed by atoms with van der Waals surface area (Å²) < 4.78 is 1.79. The first kappa shape index (κ1) is 10.9. The van der Waals surface area contributed by atoms with Crippen molar-refractivity contribution in [2.75, 3.05) is 5.32 Å². The van der Waals surface area contributed by atoms with Crippen LogP contribution in [0, 0.1) is 5.92 Å². The largest absolute Gasteiger partial charge is 0.350 e. The molecule has 0 aromatic carbocycles. The van der Waals surface area contributed by atoms with Gasteiger partial charge in [-0.15, -0.1) is 5.10 Å². The summed E-state index contributed by atoms with van der Waals surface area (Å²) in [5.74, 6) is 1.29. The topological polar surface area (TPSA) is 42.2 Å². The molecule has 2 rings (SSSR count). The van der Waals surface area contributed by atoms with Crippen LogP contribution < -0.4 is 5.32 Å². The molecule has 0 radical (unpaired) electrons. The number of fused-ring (bicyclic) bond motifs is 1. The van der Waals surface area contributed by atoms with E-state index in [2.05, 4.69) is 36.2 Å². The van der Waals surface area contributed by atoms with Crippen LogP contribution in [0.25, 0.3) is 5.65 Å². The second-order valence-corrected chi connectivity index (χ2v) is 4.34. The molecule has 1 atom stereocenters. The summed E-state index contributed by atoms with van der Waals surface area (Å²) in [5, 5.41) is 7.75. The molecule has 0 aliphatic rings. The molecule has 0 aliphatic heterocycles. The van der Waals surface area contributed by atoms with Crippen LogP contribution in [0.1, 0.15) is 27.2 Å². The Bertz CT molecular complexity index is 428. The van der Waals surface area contributed by atoms with Gasteiger partial charge in [0.15, 0.2) is 5.65 Å². The average molecular weight is 218 g/mol. The summed E-state index contributed by atoms with van der Waals surface area (Å²) in [6, 6.07) is 6.30. The molecule has 0 saturated heterocycles. The molecule has 0 spiro atoms. The number of aromatic nitrogens is 3. The molecule has 0 amide bonds. The smallest absolute Gasteiger partial charge is 0.243 e. The first-order chi connectivity index (χ1) is 7.70. The van der Waals surface area contributed by atoms with E-state index in [9.17, 15) is 0 Å². The highest BCUT2D eigenvalue weighted by atomic mass is 15.3. The van der Waals surface area contributed by atoms with Crippen molar-refractivity contribution in [1.29, 1.82) is 0 Å². The highest BCUT2D eigenvalue weighted by Gasteiger charge is 2.12. The predicted molar refractivity (Wildman–Crippen MR) is 65.5 cm³/mol. The van der Waals surface area contributed by atoms with Crippen molar-refractivity contribution in [3.63, 3.8) is 0 Å². The van der Waals surface area contributed by atoms with Gasteiger partial charge in [0, 0.05) is 12.2 Å². The van der Waals surface area contributed by atoms with Gasteiger partial charge >= 0.3 is 0 Å². The Kier molecular flexibility index (Phi) is 3.08. The van der Waals surface area contributed by atoms with Gasteiger partial charge in [0.25, 0.3) is 0 Å². The Morgan fingerprint density at radius 1 is 1.38 bits per heavy atom. The molecule has 2 aromatic heterocycles. The molecular weight excluding hydrogens is 200 g/mol. The second-order valence-electron chi connectivity index (χ2n) is 4.34. The van der Waals surface area contributed by atoms with E-state index in [1.54, 1.807) is 4.52 Å². The molecule has 0 fully saturated rings. The molecular formula is C12H18N4. The molecule has 4 nitrogen and oxygen atoms in total. The fraction of sp³-hybridized carbons (Fsp3) is 0.500. The van der Waals surface area contributed by atoms with E-state index < -0.39 is 0 Å². The number of hydrogen-bond donors (Lipinski definition) is 1. The van der Waals surface area contributed by atoms with Crippen molar-refractivity contribution in [3.8, 4) is 0 Å². The molecule has 1 unspecified atom stereocenters. The van der Waals surface area contributed by atoms with Crippen molar-refractivity contribution in [3.05, 3.63) is 24.4 Å². The zero-order valence-corrected chi connectivity index (χ0v) is 10.0. The van der Waals surface area contributed by atoms with E-state index in [1.807, 2.05) is 24.4 Å². The summed E-state index contributed by atoms with van der Waals surface area (Å²) in [7, 11) is 0. The quantitative estimate of drug-likeness (QED) is 0.857. The maximum absolute atomic E-state index is 4.42. The average Bonchev–Trinajstić information content (AvgIpc) is 2.67. The van der Waals surface area contributed by atoms with E-state index in [4.69, 9.17) is 0 Å². The Labute approximate surface area is 95.7 Å². The third kappa shape index (κ3) is 2.15. The van der Waals surface area contributed by atoms with Crippen molar-refractivity contribution >= 4 is 11.6 Å². The number of rotatable bonds is 4. The SMILES string of the molecule is CCC(Nc1nc2ccccn2n1)C(C)C. The molecule has 0 aliphatic carbocycles. The lowest BCUT2D eigenvalue weighted by Crippen LogP contribution is -2.25. The van der Waals surface area contributed by atoms with Crippen molar-refractivity contribution in [2.45, 2.75) is 33.2 Å². The fourth-order valence-corrected chi connectivity index (χ4v) is 1.80. The lowest BCUT2D eigenvalue weighted by atomic mass is 10.0. The van der Waals surface area contributed by atoms with Gasteiger partial charge in [-0.25, -0.2) is 4.52 Å². The van der Waals surface area contributed by atoms with Gasteiger partial charge in [0.1, 0.15) is 0 Å². The summed E-state index contributed by atoms with van der Waals surface area (Å²) >= 11 is 0. The van der Waals surface area contributed by atoms with E-state index in [0.717, 1.165) is 12.1 Å². The second kappa shape index (κ2) is 4.51. The van der Waals surface area contributed by atoms with Gasteiger partial charge in [-0.2, -0.15) is 4.98 Å². The molecule has 86 valence electrons. The molecule has 2 heterocycles. The summed E-state index contributed by atoms with van der Waals surface area (Å²) in [5.41, 5.74) is 0.878. The molecule has 2 aromatic rings. The third-order valence-electron chi connectivity index (χ3n) is 2.80. The van der Waals surface area contributed by atoms with Gasteiger partial charge in [-0.05, 0) is 24.5 Å². The highest BCUT2D eigenvalue weighted by Crippen LogP contribution is 2.12. The minimum absolute atomic E-state index is 0.428. The van der Waals surface area contributed by atoms with Gasteiger partial charge in [0.05, 0.1) is 0 Å². The normalized spacial score (nSPS) is 13.2. The molecule has 0 bridgehead atoms. The third-order valence-corrected chi connectivity index (χ3v) is 2.80. The standard InChI is InChI=1S/C12H18N4/c1-4-10(9(2)3)13-12-14-11-7-5-6-8-16(11)15-12/h5-10H,4H2,1-3H3,(H,13,15). The van der Waals surface area contributed by atoms with Crippen LogP contribution in [0.4, 0.5) is 5.95 Å². The number of nitrogens with zero attached hydrogens (tertiary/aromatic N) is 3. The van der Waals surface area contributed by atoms with Crippen LogP contribution in [-0.4, -0.2) is 20.6 Å². The monoisotopic (exact) mass is 218 g/mol. The Hall–Kier alpha value is -1.58. The number of pyridine rings is 1. The van der Waals surface area contributed by atoms with E-state index in [-0.39, 0.29) is 0 Å². The van der Waals surface area contributed by atoms with Crippen LogP contribution in [0.3, 0.4) is 0 Å². The zero-order valence-electron chi connectivity index (χ0n) is 10.0. The van der Waals surface area contributed by atoms with Gasteiger partial charge < -0.3 is 5.32 Å². The Balaban J connectivity index is 2.20. The lowest BCUT2D eigenvalue weighted by molar-refractivity contribution is 0.508. The van der Waals surface area contributed by atoms with Crippen molar-refractivity contribution in [2.24, 2.45) is 5.92 Å². The van der Waals surface area contributed by atoms with Gasteiger partial charge in [-0.1, -0.05) is 26.8 Å². The maximum atomic E-state index is 4.42. The van der Waals surface area contributed by atoms with Crippen LogP contribution >= 0.6 is 0 Å². The van der Waals surface area contributed by atoms with E-state index in [1.165, 1.54) is 0 Å². The first-order valence-electron chi connectivity index (χ1n) is 5.78.